The van der Waals surface area contributed by atoms with Crippen molar-refractivity contribution in [2.45, 2.75) is 0 Å². The number of fused-ring (bicyclic) bond motifs is 1. The summed E-state index contributed by atoms with van der Waals surface area (Å²) in [6.45, 7) is 0. The first-order chi connectivity index (χ1) is 11.1. The lowest BCUT2D eigenvalue weighted by molar-refractivity contribution is -0.110. The van der Waals surface area contributed by atoms with E-state index in [0.29, 0.717) is 16.7 Å². The number of ketones is 2. The van der Waals surface area contributed by atoms with Crippen molar-refractivity contribution >= 4 is 23.4 Å². The van der Waals surface area contributed by atoms with E-state index < -0.39 is 11.6 Å². The van der Waals surface area contributed by atoms with Crippen LogP contribution < -0.4 is 0 Å². The molecule has 0 aromatic heterocycles. The number of Topliss-reactive ketones (excluding diaryl/α,β-unsaturated/α-hetero) is 1. The summed E-state index contributed by atoms with van der Waals surface area (Å²) in [5, 5.41) is 18.9. The maximum absolute atomic E-state index is 12.3. The molecular weight excluding hydrogens is 290 g/mol. The Morgan fingerprint density at radius 1 is 1.04 bits per heavy atom. The molecule has 0 atom stereocenters. The van der Waals surface area contributed by atoms with E-state index >= 15 is 0 Å². The number of allylic oxidation sites excluding steroid dienone is 2. The second-order valence-corrected chi connectivity index (χ2v) is 5.03. The van der Waals surface area contributed by atoms with Crippen molar-refractivity contribution in [3.8, 4) is 6.07 Å². The highest BCUT2D eigenvalue weighted by Gasteiger charge is 2.32. The van der Waals surface area contributed by atoms with Gasteiger partial charge >= 0.3 is 0 Å². The van der Waals surface area contributed by atoms with Crippen LogP contribution in [0.5, 0.6) is 0 Å². The topological polar surface area (TPSA) is 78.2 Å². The number of aliphatic hydroxyl groups is 1. The molecule has 0 unspecified atom stereocenters. The van der Waals surface area contributed by atoms with Gasteiger partial charge in [0.1, 0.15) is 11.3 Å². The van der Waals surface area contributed by atoms with Crippen LogP contribution in [-0.4, -0.2) is 16.7 Å². The molecule has 1 aliphatic carbocycles. The van der Waals surface area contributed by atoms with Crippen molar-refractivity contribution < 1.29 is 14.7 Å². The van der Waals surface area contributed by atoms with E-state index in [1.807, 2.05) is 6.07 Å². The number of nitrogens with zero attached hydrogens (tertiary/aromatic N) is 1. The third-order valence-corrected chi connectivity index (χ3v) is 3.60. The first-order valence-corrected chi connectivity index (χ1v) is 6.91. The maximum atomic E-state index is 12.3. The monoisotopic (exact) mass is 301 g/mol. The zero-order chi connectivity index (χ0) is 16.4. The number of hydrogen-bond donors (Lipinski definition) is 1. The van der Waals surface area contributed by atoms with Gasteiger partial charge in [0.2, 0.25) is 5.78 Å². The van der Waals surface area contributed by atoms with Crippen molar-refractivity contribution in [3.63, 3.8) is 0 Å². The van der Waals surface area contributed by atoms with Crippen LogP contribution >= 0.6 is 0 Å². The average molecular weight is 301 g/mol. The standard InChI is InChI=1S/C19H11NO3/c20-11-13-7-5-12(6-8-13)9-10-16(21)17-18(22)14-3-1-2-4-15(14)19(17)23/h1-10,22H. The summed E-state index contributed by atoms with van der Waals surface area (Å²) >= 11 is 0. The van der Waals surface area contributed by atoms with Crippen LogP contribution in [0.25, 0.3) is 11.8 Å². The number of benzene rings is 2. The molecule has 0 heterocycles. The molecule has 0 aliphatic heterocycles. The minimum absolute atomic E-state index is 0.212. The summed E-state index contributed by atoms with van der Waals surface area (Å²) in [4.78, 5) is 24.5. The number of nitriles is 1. The maximum Gasteiger partial charge on any atom is 0.201 e. The molecule has 2 aromatic rings. The van der Waals surface area contributed by atoms with Gasteiger partial charge in [0.15, 0.2) is 5.78 Å². The summed E-state index contributed by atoms with van der Waals surface area (Å²) in [7, 11) is 0. The van der Waals surface area contributed by atoms with Crippen molar-refractivity contribution in [3.05, 3.63) is 82.4 Å². The molecular formula is C19H11NO3. The third-order valence-electron chi connectivity index (χ3n) is 3.60. The van der Waals surface area contributed by atoms with E-state index in [0.717, 1.165) is 5.56 Å². The van der Waals surface area contributed by atoms with E-state index in [-0.39, 0.29) is 11.3 Å². The van der Waals surface area contributed by atoms with Crippen LogP contribution in [0, 0.1) is 11.3 Å². The van der Waals surface area contributed by atoms with Gasteiger partial charge in [-0.1, -0.05) is 42.5 Å². The number of rotatable bonds is 3. The molecule has 1 aliphatic rings. The number of carbonyl (C=O) groups excluding carboxylic acids is 2. The molecule has 2 aromatic carbocycles. The zero-order valence-electron chi connectivity index (χ0n) is 12.0. The molecule has 0 saturated carbocycles. The molecule has 23 heavy (non-hydrogen) atoms. The van der Waals surface area contributed by atoms with E-state index in [1.165, 1.54) is 6.08 Å². The van der Waals surface area contributed by atoms with Gasteiger partial charge in [-0.2, -0.15) is 5.26 Å². The quantitative estimate of drug-likeness (QED) is 0.697. The Labute approximate surface area is 132 Å². The third kappa shape index (κ3) is 2.56. The van der Waals surface area contributed by atoms with Crippen molar-refractivity contribution in [2.75, 3.05) is 0 Å². The molecule has 0 fully saturated rings. The minimum atomic E-state index is -0.548. The van der Waals surface area contributed by atoms with Gasteiger partial charge in [-0.05, 0) is 23.8 Å². The van der Waals surface area contributed by atoms with Crippen LogP contribution in [0.4, 0.5) is 0 Å². The molecule has 0 amide bonds. The highest BCUT2D eigenvalue weighted by Crippen LogP contribution is 2.31. The summed E-state index contributed by atoms with van der Waals surface area (Å²) in [6, 6.07) is 15.2. The SMILES string of the molecule is N#Cc1ccc(C=CC(=O)C2=C(O)c3ccccc3C2=O)cc1. The van der Waals surface area contributed by atoms with E-state index in [4.69, 9.17) is 5.26 Å². The van der Waals surface area contributed by atoms with Gasteiger partial charge < -0.3 is 5.11 Å². The lowest BCUT2D eigenvalue weighted by Crippen LogP contribution is -2.08. The minimum Gasteiger partial charge on any atom is -0.506 e. The van der Waals surface area contributed by atoms with Gasteiger partial charge in [-0.3, -0.25) is 9.59 Å². The summed E-state index contributed by atoms with van der Waals surface area (Å²) < 4.78 is 0. The molecule has 0 saturated heterocycles. The van der Waals surface area contributed by atoms with Gasteiger partial charge in [-0.25, -0.2) is 0 Å². The van der Waals surface area contributed by atoms with E-state index in [2.05, 4.69) is 0 Å². The normalized spacial score (nSPS) is 13.3. The van der Waals surface area contributed by atoms with Crippen LogP contribution in [0.2, 0.25) is 0 Å². The Hall–Kier alpha value is -3.45. The largest absolute Gasteiger partial charge is 0.506 e. The highest BCUT2D eigenvalue weighted by atomic mass is 16.3. The molecule has 0 radical (unpaired) electrons. The van der Waals surface area contributed by atoms with Crippen LogP contribution in [0.3, 0.4) is 0 Å². The fraction of sp³-hybridized carbons (Fsp3) is 0. The van der Waals surface area contributed by atoms with Gasteiger partial charge in [0.05, 0.1) is 11.6 Å². The lowest BCUT2D eigenvalue weighted by atomic mass is 10.0. The van der Waals surface area contributed by atoms with Crippen LogP contribution in [0.1, 0.15) is 27.0 Å². The van der Waals surface area contributed by atoms with Crippen molar-refractivity contribution in [1.82, 2.24) is 0 Å². The lowest BCUT2D eigenvalue weighted by Gasteiger charge is -1.97. The van der Waals surface area contributed by atoms with Crippen LogP contribution in [0.15, 0.2) is 60.2 Å². The van der Waals surface area contributed by atoms with Crippen molar-refractivity contribution in [1.29, 1.82) is 5.26 Å². The molecule has 0 bridgehead atoms. The molecule has 4 nitrogen and oxygen atoms in total. The summed E-state index contributed by atoms with van der Waals surface area (Å²) in [6.07, 6.45) is 2.79. The Morgan fingerprint density at radius 3 is 2.30 bits per heavy atom. The fourth-order valence-corrected chi connectivity index (χ4v) is 2.42. The predicted octanol–water partition coefficient (Wildman–Crippen LogP) is 3.31. The predicted molar refractivity (Wildman–Crippen MR) is 85.5 cm³/mol. The molecule has 3 rings (SSSR count). The number of carbonyl (C=O) groups is 2. The second kappa shape index (κ2) is 5.74. The average Bonchev–Trinajstić information content (AvgIpc) is 2.85. The molecule has 110 valence electrons. The Bertz CT molecular complexity index is 912. The summed E-state index contributed by atoms with van der Waals surface area (Å²) in [5.41, 5.74) is 1.75. The summed E-state index contributed by atoms with van der Waals surface area (Å²) in [5.74, 6) is -1.29. The molecule has 0 spiro atoms. The molecule has 1 N–H and O–H groups in total. The van der Waals surface area contributed by atoms with Gasteiger partial charge in [-0.15, -0.1) is 0 Å². The van der Waals surface area contributed by atoms with Crippen LogP contribution in [-0.2, 0) is 4.79 Å². The smallest absolute Gasteiger partial charge is 0.201 e. The van der Waals surface area contributed by atoms with Gasteiger partial charge in [0.25, 0.3) is 0 Å². The Balaban J connectivity index is 1.87. The van der Waals surface area contributed by atoms with Crippen molar-refractivity contribution in [2.24, 2.45) is 0 Å². The zero-order valence-corrected chi connectivity index (χ0v) is 12.0. The Morgan fingerprint density at radius 2 is 1.70 bits per heavy atom. The second-order valence-electron chi connectivity index (χ2n) is 5.03. The Kier molecular flexibility index (Phi) is 3.62. The first kappa shape index (κ1) is 14.5. The van der Waals surface area contributed by atoms with E-state index in [9.17, 15) is 14.7 Å². The number of aliphatic hydroxyl groups excluding tert-OH is 1. The fourth-order valence-electron chi connectivity index (χ4n) is 2.42. The molecule has 4 heteroatoms. The number of hydrogen-bond acceptors (Lipinski definition) is 4. The first-order valence-electron chi connectivity index (χ1n) is 6.91. The van der Waals surface area contributed by atoms with E-state index in [1.54, 1.807) is 54.6 Å². The highest BCUT2D eigenvalue weighted by molar-refractivity contribution is 6.36. The van der Waals surface area contributed by atoms with Gasteiger partial charge in [0, 0.05) is 11.1 Å².